The third-order valence-electron chi connectivity index (χ3n) is 3.07. The van der Waals surface area contributed by atoms with Gasteiger partial charge in [-0.25, -0.2) is 4.99 Å². The van der Waals surface area contributed by atoms with Crippen LogP contribution in [0.15, 0.2) is 23.2 Å². The third-order valence-corrected chi connectivity index (χ3v) is 3.77. The molecule has 0 fully saturated rings. The highest BCUT2D eigenvalue weighted by molar-refractivity contribution is 6.36. The van der Waals surface area contributed by atoms with Crippen molar-refractivity contribution in [2.75, 3.05) is 0 Å². The first-order chi connectivity index (χ1) is 9.88. The zero-order chi connectivity index (χ0) is 15.6. The minimum absolute atomic E-state index is 0.0136. The Morgan fingerprint density at radius 3 is 2.52 bits per heavy atom. The van der Waals surface area contributed by atoms with Crippen LogP contribution in [0, 0.1) is 5.92 Å². The van der Waals surface area contributed by atoms with Crippen LogP contribution in [0.25, 0.3) is 0 Å². The highest BCUT2D eigenvalue weighted by Gasteiger charge is 2.29. The molecule has 7 heteroatoms. The number of amides is 2. The number of hydrogen-bond donors (Lipinski definition) is 2. The number of carbonyl (C=O) groups excluding carboxylic acids is 2. The summed E-state index contributed by atoms with van der Waals surface area (Å²) in [6, 6.07) is 4.57. The van der Waals surface area contributed by atoms with E-state index in [1.54, 1.807) is 18.2 Å². The zero-order valence-corrected chi connectivity index (χ0v) is 13.1. The molecule has 0 aliphatic carbocycles. The monoisotopic (exact) mass is 327 g/mol. The van der Waals surface area contributed by atoms with E-state index in [-0.39, 0.29) is 30.1 Å². The molecule has 1 aliphatic heterocycles. The van der Waals surface area contributed by atoms with Gasteiger partial charge in [0.25, 0.3) is 5.91 Å². The van der Waals surface area contributed by atoms with Gasteiger partial charge in [0.2, 0.25) is 11.9 Å². The van der Waals surface area contributed by atoms with E-state index in [1.807, 2.05) is 13.8 Å². The first-order valence-corrected chi connectivity index (χ1v) is 7.25. The molecule has 2 rings (SSSR count). The SMILES string of the molecule is CC(C)[C@@H]1N=C(NC(=O)Cc2c(Cl)cccc2Cl)NC1=O. The van der Waals surface area contributed by atoms with Crippen molar-refractivity contribution in [2.45, 2.75) is 26.3 Å². The Morgan fingerprint density at radius 2 is 2.00 bits per heavy atom. The lowest BCUT2D eigenvalue weighted by Gasteiger charge is -2.07. The number of halogens is 2. The standard InChI is InChI=1S/C14H15Cl2N3O2/c1-7(2)12-13(21)19-14(18-12)17-11(20)6-8-9(15)4-3-5-10(8)16/h3-5,7,12H,6H2,1-2H3,(H2,17,18,19,20,21)/t12-/m0/s1. The number of aliphatic imine (C=N–C) groups is 1. The molecule has 112 valence electrons. The summed E-state index contributed by atoms with van der Waals surface area (Å²) in [5.41, 5.74) is 0.545. The minimum atomic E-state index is -0.468. The summed E-state index contributed by atoms with van der Waals surface area (Å²) >= 11 is 12.0. The van der Waals surface area contributed by atoms with Gasteiger partial charge in [0.1, 0.15) is 6.04 Å². The maximum atomic E-state index is 12.0. The number of nitrogens with one attached hydrogen (secondary N) is 2. The maximum Gasteiger partial charge on any atom is 0.251 e. The van der Waals surface area contributed by atoms with Crippen molar-refractivity contribution in [1.82, 2.24) is 10.6 Å². The molecule has 0 radical (unpaired) electrons. The summed E-state index contributed by atoms with van der Waals surface area (Å²) in [5.74, 6) is -0.311. The lowest BCUT2D eigenvalue weighted by molar-refractivity contribution is -0.120. The highest BCUT2D eigenvalue weighted by Crippen LogP contribution is 2.24. The quantitative estimate of drug-likeness (QED) is 0.893. The number of rotatable bonds is 3. The topological polar surface area (TPSA) is 70.6 Å². The average molecular weight is 328 g/mol. The fraction of sp³-hybridized carbons (Fsp3) is 0.357. The maximum absolute atomic E-state index is 12.0. The molecule has 1 aromatic rings. The fourth-order valence-electron chi connectivity index (χ4n) is 1.97. The molecule has 0 bridgehead atoms. The van der Waals surface area contributed by atoms with Gasteiger partial charge in [0.05, 0.1) is 6.42 Å². The first-order valence-electron chi connectivity index (χ1n) is 6.50. The van der Waals surface area contributed by atoms with Gasteiger partial charge >= 0.3 is 0 Å². The second-order valence-corrected chi connectivity index (χ2v) is 5.90. The Labute approximate surface area is 132 Å². The summed E-state index contributed by atoms with van der Waals surface area (Å²) in [6.07, 6.45) is 0.0136. The van der Waals surface area contributed by atoms with Crippen LogP contribution in [-0.2, 0) is 16.0 Å². The molecule has 0 aromatic heterocycles. The Kier molecular flexibility index (Phi) is 4.85. The largest absolute Gasteiger partial charge is 0.296 e. The van der Waals surface area contributed by atoms with Gasteiger partial charge in [0, 0.05) is 10.0 Å². The van der Waals surface area contributed by atoms with Crippen molar-refractivity contribution in [3.05, 3.63) is 33.8 Å². The molecule has 1 heterocycles. The van der Waals surface area contributed by atoms with E-state index in [9.17, 15) is 9.59 Å². The van der Waals surface area contributed by atoms with Gasteiger partial charge in [0.15, 0.2) is 0 Å². The molecule has 21 heavy (non-hydrogen) atoms. The van der Waals surface area contributed by atoms with E-state index < -0.39 is 6.04 Å². The Balaban J connectivity index is 2.03. The molecular formula is C14H15Cl2N3O2. The van der Waals surface area contributed by atoms with E-state index in [0.29, 0.717) is 15.6 Å². The van der Waals surface area contributed by atoms with Crippen LogP contribution in [0.2, 0.25) is 10.0 Å². The predicted molar refractivity (Wildman–Crippen MR) is 82.5 cm³/mol. The summed E-state index contributed by atoms with van der Waals surface area (Å²) < 4.78 is 0. The molecule has 1 atom stereocenters. The number of nitrogens with zero attached hydrogens (tertiary/aromatic N) is 1. The van der Waals surface area contributed by atoms with Crippen molar-refractivity contribution in [3.8, 4) is 0 Å². The second-order valence-electron chi connectivity index (χ2n) is 5.08. The third kappa shape index (κ3) is 3.74. The van der Waals surface area contributed by atoms with E-state index in [4.69, 9.17) is 23.2 Å². The Hall–Kier alpha value is -1.59. The fourth-order valence-corrected chi connectivity index (χ4v) is 2.51. The molecule has 0 unspecified atom stereocenters. The normalized spacial score (nSPS) is 17.7. The molecule has 2 N–H and O–H groups in total. The van der Waals surface area contributed by atoms with E-state index in [2.05, 4.69) is 15.6 Å². The van der Waals surface area contributed by atoms with Crippen LogP contribution < -0.4 is 10.6 Å². The van der Waals surface area contributed by atoms with Crippen molar-refractivity contribution in [1.29, 1.82) is 0 Å². The van der Waals surface area contributed by atoms with E-state index in [1.165, 1.54) is 0 Å². The average Bonchev–Trinajstić information content (AvgIpc) is 2.75. The van der Waals surface area contributed by atoms with Crippen LogP contribution in [0.1, 0.15) is 19.4 Å². The van der Waals surface area contributed by atoms with Gasteiger partial charge < -0.3 is 0 Å². The van der Waals surface area contributed by atoms with Gasteiger partial charge in [-0.05, 0) is 23.6 Å². The molecule has 0 saturated heterocycles. The Bertz CT molecular complexity index is 594. The van der Waals surface area contributed by atoms with Crippen LogP contribution in [-0.4, -0.2) is 23.8 Å². The molecule has 1 aliphatic rings. The first kappa shape index (κ1) is 15.8. The smallest absolute Gasteiger partial charge is 0.251 e. The summed E-state index contributed by atoms with van der Waals surface area (Å²) in [7, 11) is 0. The predicted octanol–water partition coefficient (Wildman–Crippen LogP) is 2.16. The second kappa shape index (κ2) is 6.45. The van der Waals surface area contributed by atoms with Crippen molar-refractivity contribution >= 4 is 41.0 Å². The molecular weight excluding hydrogens is 313 g/mol. The number of benzene rings is 1. The minimum Gasteiger partial charge on any atom is -0.296 e. The number of guanidine groups is 1. The van der Waals surface area contributed by atoms with Crippen LogP contribution in [0.5, 0.6) is 0 Å². The zero-order valence-electron chi connectivity index (χ0n) is 11.6. The lowest BCUT2D eigenvalue weighted by atomic mass is 10.1. The van der Waals surface area contributed by atoms with Gasteiger partial charge in [-0.1, -0.05) is 43.1 Å². The van der Waals surface area contributed by atoms with E-state index >= 15 is 0 Å². The molecule has 0 saturated carbocycles. The van der Waals surface area contributed by atoms with Crippen molar-refractivity contribution in [3.63, 3.8) is 0 Å². The molecule has 1 aromatic carbocycles. The molecule has 5 nitrogen and oxygen atoms in total. The Morgan fingerprint density at radius 1 is 1.38 bits per heavy atom. The van der Waals surface area contributed by atoms with Crippen molar-refractivity contribution in [2.24, 2.45) is 10.9 Å². The van der Waals surface area contributed by atoms with Gasteiger partial charge in [-0.3, -0.25) is 20.2 Å². The van der Waals surface area contributed by atoms with Crippen LogP contribution in [0.3, 0.4) is 0 Å². The van der Waals surface area contributed by atoms with Gasteiger partial charge in [-0.2, -0.15) is 0 Å². The van der Waals surface area contributed by atoms with E-state index in [0.717, 1.165) is 0 Å². The van der Waals surface area contributed by atoms with Crippen LogP contribution >= 0.6 is 23.2 Å². The number of hydrogen-bond acceptors (Lipinski definition) is 3. The molecule has 0 spiro atoms. The van der Waals surface area contributed by atoms with Crippen molar-refractivity contribution < 1.29 is 9.59 Å². The van der Waals surface area contributed by atoms with Crippen LogP contribution in [0.4, 0.5) is 0 Å². The molecule has 2 amide bonds. The van der Waals surface area contributed by atoms with Gasteiger partial charge in [-0.15, -0.1) is 0 Å². The summed E-state index contributed by atoms with van der Waals surface area (Å²) in [4.78, 5) is 27.8. The summed E-state index contributed by atoms with van der Waals surface area (Å²) in [5, 5.41) is 5.96. The number of carbonyl (C=O) groups is 2. The lowest BCUT2D eigenvalue weighted by Crippen LogP contribution is -2.41. The highest BCUT2D eigenvalue weighted by atomic mass is 35.5. The summed E-state index contributed by atoms with van der Waals surface area (Å²) in [6.45, 7) is 3.78.